The number of piperidine rings is 1. The maximum atomic E-state index is 12.7. The molecule has 7 heteroatoms. The minimum absolute atomic E-state index is 0. The van der Waals surface area contributed by atoms with Crippen molar-refractivity contribution in [2.45, 2.75) is 50.9 Å². The molecule has 2 aliphatic carbocycles. The summed E-state index contributed by atoms with van der Waals surface area (Å²) in [5.41, 5.74) is 11.7. The van der Waals surface area contributed by atoms with Gasteiger partial charge in [-0.15, -0.1) is 12.4 Å². The zero-order valence-corrected chi connectivity index (χ0v) is 18.6. The summed E-state index contributed by atoms with van der Waals surface area (Å²) in [7, 11) is 0. The number of primary amides is 1. The van der Waals surface area contributed by atoms with Gasteiger partial charge in [0.05, 0.1) is 16.6 Å². The average molecular weight is 441 g/mol. The second-order valence-corrected chi connectivity index (χ2v) is 9.81. The fourth-order valence-electron chi connectivity index (χ4n) is 6.21. The van der Waals surface area contributed by atoms with Crippen molar-refractivity contribution in [1.82, 2.24) is 9.38 Å². The largest absolute Gasteiger partial charge is 0.396 e. The Hall–Kier alpha value is -2.31. The summed E-state index contributed by atoms with van der Waals surface area (Å²) in [6.45, 7) is 4.21. The lowest BCUT2D eigenvalue weighted by Gasteiger charge is -2.41. The zero-order valence-electron chi connectivity index (χ0n) is 17.8. The molecule has 0 spiro atoms. The number of nitrogens with two attached hydrogens (primary N) is 1. The maximum Gasteiger partial charge on any atom is 0.252 e. The fourth-order valence-corrected chi connectivity index (χ4v) is 6.21. The molecule has 0 radical (unpaired) electrons. The van der Waals surface area contributed by atoms with Gasteiger partial charge in [-0.25, -0.2) is 4.98 Å². The normalized spacial score (nSPS) is 23.9. The van der Waals surface area contributed by atoms with Crippen LogP contribution in [0.3, 0.4) is 0 Å². The van der Waals surface area contributed by atoms with Crippen LogP contribution in [0.25, 0.3) is 16.7 Å². The maximum absolute atomic E-state index is 12.7. The first kappa shape index (κ1) is 20.6. The number of halogens is 1. The van der Waals surface area contributed by atoms with Crippen LogP contribution in [0.5, 0.6) is 0 Å². The molecule has 1 aromatic carbocycles. The molecule has 6 rings (SSSR count). The van der Waals surface area contributed by atoms with Crippen LogP contribution in [0, 0.1) is 5.41 Å². The van der Waals surface area contributed by atoms with Gasteiger partial charge in [-0.3, -0.25) is 9.20 Å². The Morgan fingerprint density at radius 1 is 1.19 bits per heavy atom. The molecule has 1 saturated carbocycles. The van der Waals surface area contributed by atoms with E-state index in [4.69, 9.17) is 10.7 Å². The number of benzene rings is 1. The van der Waals surface area contributed by atoms with Crippen LogP contribution in [0.15, 0.2) is 24.3 Å². The zero-order chi connectivity index (χ0) is 20.6. The first-order valence-corrected chi connectivity index (χ1v) is 11.1. The molecule has 6 nitrogen and oxygen atoms in total. The molecule has 2 unspecified atom stereocenters. The number of hydrogen-bond acceptors (Lipinski definition) is 4. The van der Waals surface area contributed by atoms with E-state index in [2.05, 4.69) is 22.3 Å². The number of amides is 1. The SMILES string of the molecule is CC1(CO)CCN(c2c3c(c(C(N)=O)c4nc5ccccc5n24)C2CCC3C2)CC1.Cl. The highest BCUT2D eigenvalue weighted by molar-refractivity contribution is 6.04. The lowest BCUT2D eigenvalue weighted by atomic mass is 9.81. The number of pyridine rings is 1. The highest BCUT2D eigenvalue weighted by Crippen LogP contribution is 2.58. The molecule has 3 N–H and O–H groups in total. The highest BCUT2D eigenvalue weighted by Gasteiger charge is 2.45. The van der Waals surface area contributed by atoms with Crippen molar-refractivity contribution in [3.63, 3.8) is 0 Å². The van der Waals surface area contributed by atoms with Gasteiger partial charge in [-0.05, 0) is 67.1 Å². The smallest absolute Gasteiger partial charge is 0.252 e. The Balaban J connectivity index is 0.00000204. The molecule has 3 aromatic rings. The summed E-state index contributed by atoms with van der Waals surface area (Å²) in [6, 6.07) is 8.12. The average Bonchev–Trinajstić information content (AvgIpc) is 3.46. The van der Waals surface area contributed by atoms with E-state index < -0.39 is 0 Å². The first-order chi connectivity index (χ1) is 14.5. The Bertz CT molecular complexity index is 1200. The monoisotopic (exact) mass is 440 g/mol. The van der Waals surface area contributed by atoms with Crippen molar-refractivity contribution < 1.29 is 9.90 Å². The van der Waals surface area contributed by atoms with Gasteiger partial charge >= 0.3 is 0 Å². The van der Waals surface area contributed by atoms with Crippen LogP contribution in [-0.4, -0.2) is 40.1 Å². The first-order valence-electron chi connectivity index (χ1n) is 11.1. The number of fused-ring (bicyclic) bond motifs is 8. The second-order valence-electron chi connectivity index (χ2n) is 9.81. The summed E-state index contributed by atoms with van der Waals surface area (Å²) < 4.78 is 2.20. The third-order valence-corrected chi connectivity index (χ3v) is 7.94. The molecule has 31 heavy (non-hydrogen) atoms. The highest BCUT2D eigenvalue weighted by atomic mass is 35.5. The third kappa shape index (κ3) is 2.81. The minimum atomic E-state index is -0.364. The van der Waals surface area contributed by atoms with Crippen LogP contribution in [0.2, 0.25) is 0 Å². The summed E-state index contributed by atoms with van der Waals surface area (Å²) >= 11 is 0. The number of rotatable bonds is 3. The van der Waals surface area contributed by atoms with E-state index in [1.807, 2.05) is 18.2 Å². The number of aliphatic hydroxyl groups is 1. The third-order valence-electron chi connectivity index (χ3n) is 7.94. The van der Waals surface area contributed by atoms with Crippen LogP contribution < -0.4 is 10.6 Å². The predicted molar refractivity (Wildman–Crippen MR) is 124 cm³/mol. The van der Waals surface area contributed by atoms with Crippen molar-refractivity contribution in [2.24, 2.45) is 11.1 Å². The lowest BCUT2D eigenvalue weighted by Crippen LogP contribution is -2.42. The summed E-state index contributed by atoms with van der Waals surface area (Å²) in [6.07, 6.45) is 5.35. The number of carbonyl (C=O) groups is 1. The Kier molecular flexibility index (Phi) is 4.72. The number of carbonyl (C=O) groups excluding carboxylic acids is 1. The van der Waals surface area contributed by atoms with Crippen LogP contribution >= 0.6 is 12.4 Å². The Morgan fingerprint density at radius 2 is 1.87 bits per heavy atom. The van der Waals surface area contributed by atoms with E-state index in [1.54, 1.807) is 0 Å². The van der Waals surface area contributed by atoms with E-state index in [1.165, 1.54) is 23.4 Å². The van der Waals surface area contributed by atoms with Gasteiger partial charge in [0, 0.05) is 25.3 Å². The quantitative estimate of drug-likeness (QED) is 0.645. The van der Waals surface area contributed by atoms with Crippen LogP contribution in [0.1, 0.15) is 72.3 Å². The van der Waals surface area contributed by atoms with Crippen molar-refractivity contribution in [3.8, 4) is 0 Å². The van der Waals surface area contributed by atoms with E-state index >= 15 is 0 Å². The van der Waals surface area contributed by atoms with Gasteiger partial charge in [0.2, 0.25) is 0 Å². The van der Waals surface area contributed by atoms with Gasteiger partial charge in [0.15, 0.2) is 5.65 Å². The second kappa shape index (κ2) is 7.10. The Labute approximate surface area is 187 Å². The molecule has 164 valence electrons. The number of aromatic nitrogens is 2. The summed E-state index contributed by atoms with van der Waals surface area (Å²) in [5.74, 6) is 1.77. The number of hydrogen-bond donors (Lipinski definition) is 2. The van der Waals surface area contributed by atoms with Crippen molar-refractivity contribution in [3.05, 3.63) is 41.0 Å². The van der Waals surface area contributed by atoms with Gasteiger partial charge in [0.1, 0.15) is 5.82 Å². The predicted octanol–water partition coefficient (Wildman–Crippen LogP) is 3.97. The van der Waals surface area contributed by atoms with Crippen molar-refractivity contribution >= 4 is 40.8 Å². The molecule has 1 amide bonds. The summed E-state index contributed by atoms with van der Waals surface area (Å²) in [4.78, 5) is 20.0. The molecule has 1 aliphatic heterocycles. The van der Waals surface area contributed by atoms with E-state index in [-0.39, 0.29) is 30.3 Å². The molecule has 2 fully saturated rings. The molecule has 3 heterocycles. The van der Waals surface area contributed by atoms with Crippen LogP contribution in [0.4, 0.5) is 5.82 Å². The number of para-hydroxylation sites is 2. The number of imidazole rings is 1. The number of aliphatic hydroxyl groups excluding tert-OH is 1. The molecule has 2 aromatic heterocycles. The molecule has 3 aliphatic rings. The standard InChI is InChI=1S/C24H28N4O2.ClH/c1-24(13-29)8-10-27(11-9-24)23-19-15-7-6-14(12-15)18(19)20(21(25)30)22-26-16-4-2-3-5-17(16)28(22)23;/h2-5,14-15,29H,6-13H2,1H3,(H2,25,30);1H. The van der Waals surface area contributed by atoms with Gasteiger partial charge in [-0.1, -0.05) is 19.1 Å². The number of anilines is 1. The van der Waals surface area contributed by atoms with Crippen LogP contribution in [-0.2, 0) is 0 Å². The summed E-state index contributed by atoms with van der Waals surface area (Å²) in [5, 5.41) is 9.84. The fraction of sp³-hybridized carbons (Fsp3) is 0.500. The molecule has 2 atom stereocenters. The molecular weight excluding hydrogens is 412 g/mol. The molecule has 2 bridgehead atoms. The number of nitrogens with zero attached hydrogens (tertiary/aromatic N) is 3. The van der Waals surface area contributed by atoms with Crippen molar-refractivity contribution in [2.75, 3.05) is 24.6 Å². The van der Waals surface area contributed by atoms with Gasteiger partial charge < -0.3 is 15.7 Å². The van der Waals surface area contributed by atoms with E-state index in [0.717, 1.165) is 49.8 Å². The minimum Gasteiger partial charge on any atom is -0.396 e. The van der Waals surface area contributed by atoms with Gasteiger partial charge in [-0.2, -0.15) is 0 Å². The molecular formula is C24H29ClN4O2. The lowest BCUT2D eigenvalue weighted by molar-refractivity contribution is 0.1000. The Morgan fingerprint density at radius 3 is 2.55 bits per heavy atom. The van der Waals surface area contributed by atoms with E-state index in [0.29, 0.717) is 23.0 Å². The van der Waals surface area contributed by atoms with Crippen molar-refractivity contribution in [1.29, 1.82) is 0 Å². The molecule has 1 saturated heterocycles. The topological polar surface area (TPSA) is 83.9 Å². The van der Waals surface area contributed by atoms with Gasteiger partial charge in [0.25, 0.3) is 5.91 Å². The van der Waals surface area contributed by atoms with E-state index in [9.17, 15) is 9.90 Å².